The molecule has 1 aromatic carbocycles. The van der Waals surface area contributed by atoms with Crippen molar-refractivity contribution in [3.05, 3.63) is 27.7 Å². The molecule has 0 spiro atoms. The Morgan fingerprint density at radius 2 is 2.26 bits per heavy atom. The van der Waals surface area contributed by atoms with Gasteiger partial charge in [0.25, 0.3) is 0 Å². The minimum atomic E-state index is 0.0140. The Hall–Kier alpha value is -1.07. The maximum Gasteiger partial charge on any atom is 0.220 e. The van der Waals surface area contributed by atoms with Gasteiger partial charge in [-0.3, -0.25) is 4.79 Å². The van der Waals surface area contributed by atoms with Crippen LogP contribution in [0.5, 0.6) is 5.75 Å². The van der Waals surface area contributed by atoms with Gasteiger partial charge in [0.15, 0.2) is 0 Å². The molecule has 1 aliphatic heterocycles. The van der Waals surface area contributed by atoms with Crippen molar-refractivity contribution in [1.29, 1.82) is 0 Å². The van der Waals surface area contributed by atoms with Gasteiger partial charge >= 0.3 is 0 Å². The fourth-order valence-corrected chi connectivity index (χ4v) is 2.71. The molecule has 4 nitrogen and oxygen atoms in total. The van der Waals surface area contributed by atoms with Gasteiger partial charge in [0.2, 0.25) is 5.91 Å². The normalized spacial score (nSPS) is 12.9. The number of hydrogen-bond acceptors (Lipinski definition) is 3. The number of hydrogen-bond donors (Lipinski definition) is 2. The van der Waals surface area contributed by atoms with Crippen molar-refractivity contribution in [2.24, 2.45) is 0 Å². The molecule has 0 aromatic heterocycles. The van der Waals surface area contributed by atoms with E-state index >= 15 is 0 Å². The average molecular weight is 328 g/mol. The fourth-order valence-electron chi connectivity index (χ4n) is 2.16. The van der Waals surface area contributed by atoms with E-state index in [-0.39, 0.29) is 12.5 Å². The zero-order valence-corrected chi connectivity index (χ0v) is 12.3. The van der Waals surface area contributed by atoms with Crippen LogP contribution in [0.15, 0.2) is 16.6 Å². The van der Waals surface area contributed by atoms with Crippen molar-refractivity contribution >= 4 is 21.8 Å². The second kappa shape index (κ2) is 6.91. The van der Waals surface area contributed by atoms with Gasteiger partial charge in [-0.05, 0) is 30.5 Å². The number of fused-ring (bicyclic) bond motifs is 1. The summed E-state index contributed by atoms with van der Waals surface area (Å²) < 4.78 is 6.63. The number of benzene rings is 1. The summed E-state index contributed by atoms with van der Waals surface area (Å²) >= 11 is 3.48. The van der Waals surface area contributed by atoms with Crippen molar-refractivity contribution in [1.82, 2.24) is 5.32 Å². The van der Waals surface area contributed by atoms with E-state index in [1.165, 1.54) is 5.56 Å². The van der Waals surface area contributed by atoms with Crippen LogP contribution in [0.1, 0.15) is 30.4 Å². The molecule has 0 saturated carbocycles. The molecular weight excluding hydrogens is 310 g/mol. The van der Waals surface area contributed by atoms with Crippen LogP contribution in [-0.2, 0) is 17.8 Å². The smallest absolute Gasteiger partial charge is 0.220 e. The minimum absolute atomic E-state index is 0.0140. The Morgan fingerprint density at radius 3 is 3.05 bits per heavy atom. The lowest BCUT2D eigenvalue weighted by molar-refractivity contribution is -0.121. The first kappa shape index (κ1) is 14.3. The van der Waals surface area contributed by atoms with Crippen LogP contribution in [0.3, 0.4) is 0 Å². The lowest BCUT2D eigenvalue weighted by atomic mass is 10.1. The lowest BCUT2D eigenvalue weighted by Crippen LogP contribution is -2.22. The Morgan fingerprint density at radius 1 is 1.42 bits per heavy atom. The molecular formula is C14H18BrNO3. The summed E-state index contributed by atoms with van der Waals surface area (Å²) in [5.74, 6) is 0.930. The largest absolute Gasteiger partial charge is 0.493 e. The lowest BCUT2D eigenvalue weighted by Gasteiger charge is -2.10. The van der Waals surface area contributed by atoms with E-state index in [4.69, 9.17) is 9.84 Å². The SMILES string of the molecule is O=C(CCCCO)NCc1cc(Br)cc2c1OCC2. The Balaban J connectivity index is 1.91. The highest BCUT2D eigenvalue weighted by molar-refractivity contribution is 9.10. The molecule has 1 aromatic rings. The molecule has 1 heterocycles. The fraction of sp³-hybridized carbons (Fsp3) is 0.500. The van der Waals surface area contributed by atoms with Crippen molar-refractivity contribution in [3.8, 4) is 5.75 Å². The molecule has 104 valence electrons. The standard InChI is InChI=1S/C14H18BrNO3/c15-12-7-10-4-6-19-14(10)11(8-12)9-16-13(18)3-1-2-5-17/h7-8,17H,1-6,9H2,(H,16,18). The minimum Gasteiger partial charge on any atom is -0.493 e. The van der Waals surface area contributed by atoms with Gasteiger partial charge in [-0.15, -0.1) is 0 Å². The summed E-state index contributed by atoms with van der Waals surface area (Å²) in [7, 11) is 0. The number of nitrogens with one attached hydrogen (secondary N) is 1. The van der Waals surface area contributed by atoms with E-state index < -0.39 is 0 Å². The summed E-state index contributed by atoms with van der Waals surface area (Å²) in [5, 5.41) is 11.6. The van der Waals surface area contributed by atoms with Crippen LogP contribution in [0.4, 0.5) is 0 Å². The zero-order chi connectivity index (χ0) is 13.7. The van der Waals surface area contributed by atoms with Crippen molar-refractivity contribution < 1.29 is 14.6 Å². The maximum atomic E-state index is 11.6. The second-order valence-corrected chi connectivity index (χ2v) is 5.52. The maximum absolute atomic E-state index is 11.6. The third-order valence-electron chi connectivity index (χ3n) is 3.11. The summed E-state index contributed by atoms with van der Waals surface area (Å²) in [4.78, 5) is 11.6. The first-order chi connectivity index (χ1) is 9.20. The zero-order valence-electron chi connectivity index (χ0n) is 10.7. The number of carbonyl (C=O) groups is 1. The van der Waals surface area contributed by atoms with Crippen LogP contribution < -0.4 is 10.1 Å². The van der Waals surface area contributed by atoms with Crippen molar-refractivity contribution in [2.45, 2.75) is 32.2 Å². The van der Waals surface area contributed by atoms with Gasteiger partial charge in [0.1, 0.15) is 5.75 Å². The number of rotatable bonds is 6. The number of aliphatic hydroxyl groups excluding tert-OH is 1. The van der Waals surface area contributed by atoms with Crippen LogP contribution in [-0.4, -0.2) is 24.2 Å². The van der Waals surface area contributed by atoms with Crippen molar-refractivity contribution in [2.75, 3.05) is 13.2 Å². The van der Waals surface area contributed by atoms with E-state index in [2.05, 4.69) is 27.3 Å². The highest BCUT2D eigenvalue weighted by atomic mass is 79.9. The van der Waals surface area contributed by atoms with Gasteiger partial charge in [-0.2, -0.15) is 0 Å². The first-order valence-electron chi connectivity index (χ1n) is 6.52. The average Bonchev–Trinajstić information content (AvgIpc) is 2.84. The predicted molar refractivity (Wildman–Crippen MR) is 76.1 cm³/mol. The number of aliphatic hydroxyl groups is 1. The van der Waals surface area contributed by atoms with Crippen LogP contribution in [0.25, 0.3) is 0 Å². The summed E-state index contributed by atoms with van der Waals surface area (Å²) in [6.45, 7) is 1.34. The van der Waals surface area contributed by atoms with E-state index in [9.17, 15) is 4.79 Å². The molecule has 0 saturated heterocycles. The number of carbonyl (C=O) groups excluding carboxylic acids is 1. The molecule has 0 aliphatic carbocycles. The van der Waals surface area contributed by atoms with Crippen molar-refractivity contribution in [3.63, 3.8) is 0 Å². The van der Waals surface area contributed by atoms with Gasteiger partial charge in [-0.1, -0.05) is 15.9 Å². The quantitative estimate of drug-likeness (QED) is 0.787. The van der Waals surface area contributed by atoms with E-state index in [0.29, 0.717) is 26.0 Å². The molecule has 2 rings (SSSR count). The third-order valence-corrected chi connectivity index (χ3v) is 3.57. The van der Waals surface area contributed by atoms with E-state index in [1.54, 1.807) is 0 Å². The summed E-state index contributed by atoms with van der Waals surface area (Å²) in [5.41, 5.74) is 2.20. The van der Waals surface area contributed by atoms with Gasteiger partial charge in [0.05, 0.1) is 6.61 Å². The highest BCUT2D eigenvalue weighted by Crippen LogP contribution is 2.32. The van der Waals surface area contributed by atoms with Crippen LogP contribution in [0, 0.1) is 0 Å². The molecule has 0 bridgehead atoms. The van der Waals surface area contributed by atoms with E-state index in [1.807, 2.05) is 6.07 Å². The predicted octanol–water partition coefficient (Wildman–Crippen LogP) is 2.16. The molecule has 5 heteroatoms. The summed E-state index contributed by atoms with van der Waals surface area (Å²) in [6.07, 6.45) is 2.77. The molecule has 0 atom stereocenters. The highest BCUT2D eigenvalue weighted by Gasteiger charge is 2.17. The number of unbranched alkanes of at least 4 members (excludes halogenated alkanes) is 1. The monoisotopic (exact) mass is 327 g/mol. The molecule has 0 unspecified atom stereocenters. The van der Waals surface area contributed by atoms with Gasteiger partial charge in [0, 0.05) is 36.0 Å². The molecule has 1 amide bonds. The molecule has 2 N–H and O–H groups in total. The number of amides is 1. The number of ether oxygens (including phenoxy) is 1. The molecule has 1 aliphatic rings. The third kappa shape index (κ3) is 3.94. The van der Waals surface area contributed by atoms with Crippen LogP contribution >= 0.6 is 15.9 Å². The Kier molecular flexibility index (Phi) is 5.22. The Labute approximate surface area is 121 Å². The first-order valence-corrected chi connectivity index (χ1v) is 7.31. The van der Waals surface area contributed by atoms with Gasteiger partial charge < -0.3 is 15.2 Å². The van der Waals surface area contributed by atoms with Gasteiger partial charge in [-0.25, -0.2) is 0 Å². The molecule has 0 radical (unpaired) electrons. The summed E-state index contributed by atoms with van der Waals surface area (Å²) in [6, 6.07) is 4.05. The second-order valence-electron chi connectivity index (χ2n) is 4.61. The molecule has 19 heavy (non-hydrogen) atoms. The molecule has 0 fully saturated rings. The van der Waals surface area contributed by atoms with Crippen LogP contribution in [0.2, 0.25) is 0 Å². The number of halogens is 1. The Bertz CT molecular complexity index is 462. The van der Waals surface area contributed by atoms with E-state index in [0.717, 1.165) is 28.6 Å². The topological polar surface area (TPSA) is 58.6 Å².